The lowest BCUT2D eigenvalue weighted by molar-refractivity contribution is -0.0727. The number of para-hydroxylation sites is 1. The van der Waals surface area contributed by atoms with E-state index in [1.165, 1.54) is 32.4 Å². The van der Waals surface area contributed by atoms with Gasteiger partial charge in [-0.05, 0) is 6.07 Å². The first-order valence-corrected chi connectivity index (χ1v) is 7.44. The van der Waals surface area contributed by atoms with Gasteiger partial charge in [0.15, 0.2) is 17.3 Å². The highest BCUT2D eigenvalue weighted by atomic mass is 16.7. The van der Waals surface area contributed by atoms with Gasteiger partial charge in [-0.2, -0.15) is 0 Å². The summed E-state index contributed by atoms with van der Waals surface area (Å²) in [5.74, 6) is 0.251. The molecule has 1 aliphatic heterocycles. The van der Waals surface area contributed by atoms with Crippen LogP contribution in [0.15, 0.2) is 39.5 Å². The molecule has 0 radical (unpaired) electrons. The molecule has 3 aromatic rings. The first-order valence-electron chi connectivity index (χ1n) is 7.44. The quantitative estimate of drug-likeness (QED) is 0.739. The van der Waals surface area contributed by atoms with E-state index in [0.29, 0.717) is 11.3 Å². The van der Waals surface area contributed by atoms with E-state index in [2.05, 4.69) is 0 Å². The van der Waals surface area contributed by atoms with Gasteiger partial charge in [0, 0.05) is 24.8 Å². The van der Waals surface area contributed by atoms with Crippen LogP contribution in [0.3, 0.4) is 0 Å². The molecule has 2 aromatic carbocycles. The Bertz CT molecular complexity index is 1050. The van der Waals surface area contributed by atoms with Gasteiger partial charge in [-0.15, -0.1) is 0 Å². The average Bonchev–Trinajstić information content (AvgIpc) is 2.60. The fourth-order valence-electron chi connectivity index (χ4n) is 2.99. The summed E-state index contributed by atoms with van der Waals surface area (Å²) in [6.07, 6.45) is -1.01. The third-order valence-corrected chi connectivity index (χ3v) is 4.13. The van der Waals surface area contributed by atoms with E-state index in [0.717, 1.165) is 0 Å². The zero-order chi connectivity index (χ0) is 17.7. The molecule has 0 amide bonds. The smallest absolute Gasteiger partial charge is 0.260 e. The van der Waals surface area contributed by atoms with Gasteiger partial charge in [-0.25, -0.2) is 0 Å². The molecule has 0 saturated heterocycles. The van der Waals surface area contributed by atoms with Crippen LogP contribution in [0.25, 0.3) is 22.1 Å². The van der Waals surface area contributed by atoms with Gasteiger partial charge in [-0.3, -0.25) is 4.79 Å². The Hall–Kier alpha value is -3.19. The molecule has 7 heteroatoms. The van der Waals surface area contributed by atoms with Gasteiger partial charge in [0.05, 0.1) is 12.7 Å². The zero-order valence-electron chi connectivity index (χ0n) is 13.4. The fraction of sp³-hybridized carbons (Fsp3) is 0.167. The molecular weight excluding hydrogens is 328 g/mol. The maximum atomic E-state index is 13.1. The topological polar surface area (TPSA) is 98.4 Å². The number of hydrogen-bond acceptors (Lipinski definition) is 7. The Balaban J connectivity index is 2.14. The number of phenolic OH excluding ortho intramolecular Hbond substituents is 2. The Labute approximate surface area is 141 Å². The first kappa shape index (κ1) is 15.3. The maximum absolute atomic E-state index is 13.1. The standard InChI is InChI=1S/C18H14O7/c1-22-8-6-11(20)14-12(7-8)24-17-13(15(14)21)9-4-3-5-10(19)16(9)25-18(17)23-2/h3-7,18-20H,1-2H3. The van der Waals surface area contributed by atoms with Crippen molar-refractivity contribution in [1.82, 2.24) is 0 Å². The van der Waals surface area contributed by atoms with Crippen molar-refractivity contribution < 1.29 is 28.8 Å². The van der Waals surface area contributed by atoms with Crippen LogP contribution in [0.5, 0.6) is 23.0 Å². The summed E-state index contributed by atoms with van der Waals surface area (Å²) in [7, 11) is 2.84. The summed E-state index contributed by atoms with van der Waals surface area (Å²) in [5.41, 5.74) is 0.245. The van der Waals surface area contributed by atoms with Gasteiger partial charge in [0.25, 0.3) is 6.29 Å². The highest BCUT2D eigenvalue weighted by Gasteiger charge is 2.34. The minimum absolute atomic E-state index is 0.0191. The summed E-state index contributed by atoms with van der Waals surface area (Å²) in [6.45, 7) is 0. The monoisotopic (exact) mass is 342 g/mol. The van der Waals surface area contributed by atoms with Crippen LogP contribution in [0.2, 0.25) is 0 Å². The van der Waals surface area contributed by atoms with Gasteiger partial charge in [0.1, 0.15) is 22.5 Å². The Morgan fingerprint density at radius 3 is 2.64 bits per heavy atom. The van der Waals surface area contributed by atoms with E-state index in [4.69, 9.17) is 18.6 Å². The second-order valence-electron chi connectivity index (χ2n) is 5.53. The van der Waals surface area contributed by atoms with Gasteiger partial charge < -0.3 is 28.8 Å². The molecule has 1 aromatic heterocycles. The molecular formula is C18H14O7. The summed E-state index contributed by atoms with van der Waals surface area (Å²) in [6, 6.07) is 7.50. The number of ether oxygens (including phenoxy) is 3. The lowest BCUT2D eigenvalue weighted by atomic mass is 9.98. The molecule has 0 spiro atoms. The summed E-state index contributed by atoms with van der Waals surface area (Å²) in [5, 5.41) is 20.3. The van der Waals surface area contributed by atoms with Crippen molar-refractivity contribution in [3.63, 3.8) is 0 Å². The molecule has 7 nitrogen and oxygen atoms in total. The van der Waals surface area contributed by atoms with Crippen LogP contribution in [0.1, 0.15) is 12.1 Å². The molecule has 0 aliphatic carbocycles. The molecule has 0 fully saturated rings. The van der Waals surface area contributed by atoms with Crippen molar-refractivity contribution in [2.45, 2.75) is 6.29 Å². The molecule has 25 heavy (non-hydrogen) atoms. The van der Waals surface area contributed by atoms with Crippen LogP contribution < -0.4 is 14.9 Å². The maximum Gasteiger partial charge on any atom is 0.260 e. The SMILES string of the molecule is COc1cc(O)c2c(=O)c3c(oc2c1)C(OC)Oc1c(O)cccc1-3. The average molecular weight is 342 g/mol. The highest BCUT2D eigenvalue weighted by Crippen LogP contribution is 2.47. The Kier molecular flexibility index (Phi) is 3.33. The van der Waals surface area contributed by atoms with Crippen LogP contribution >= 0.6 is 0 Å². The van der Waals surface area contributed by atoms with Crippen LogP contribution in [-0.4, -0.2) is 24.4 Å². The van der Waals surface area contributed by atoms with Gasteiger partial charge in [-0.1, -0.05) is 12.1 Å². The minimum atomic E-state index is -1.01. The van der Waals surface area contributed by atoms with Crippen molar-refractivity contribution in [3.8, 4) is 34.1 Å². The normalized spacial score (nSPS) is 15.4. The summed E-state index contributed by atoms with van der Waals surface area (Å²) >= 11 is 0. The second kappa shape index (κ2) is 5.42. The zero-order valence-corrected chi connectivity index (χ0v) is 13.4. The van der Waals surface area contributed by atoms with Crippen molar-refractivity contribution in [3.05, 3.63) is 46.3 Å². The van der Waals surface area contributed by atoms with Gasteiger partial charge in [0.2, 0.25) is 5.43 Å². The highest BCUT2D eigenvalue weighted by molar-refractivity contribution is 5.90. The summed E-state index contributed by atoms with van der Waals surface area (Å²) < 4.78 is 21.8. The van der Waals surface area contributed by atoms with Crippen LogP contribution in [0.4, 0.5) is 0 Å². The van der Waals surface area contributed by atoms with Crippen molar-refractivity contribution >= 4 is 11.0 Å². The van der Waals surface area contributed by atoms with E-state index >= 15 is 0 Å². The predicted octanol–water partition coefficient (Wildman–Crippen LogP) is 2.92. The van der Waals surface area contributed by atoms with Gasteiger partial charge >= 0.3 is 0 Å². The van der Waals surface area contributed by atoms with E-state index in [1.54, 1.807) is 12.1 Å². The second-order valence-corrected chi connectivity index (χ2v) is 5.53. The predicted molar refractivity (Wildman–Crippen MR) is 88.2 cm³/mol. The van der Waals surface area contributed by atoms with E-state index in [1.807, 2.05) is 0 Å². The first-order chi connectivity index (χ1) is 12.0. The number of hydrogen-bond donors (Lipinski definition) is 2. The third kappa shape index (κ3) is 2.13. The Morgan fingerprint density at radius 1 is 1.12 bits per heavy atom. The molecule has 128 valence electrons. The number of benzene rings is 2. The molecule has 0 bridgehead atoms. The van der Waals surface area contributed by atoms with E-state index in [-0.39, 0.29) is 39.5 Å². The van der Waals surface area contributed by atoms with Crippen LogP contribution in [0, 0.1) is 0 Å². The van der Waals surface area contributed by atoms with E-state index in [9.17, 15) is 15.0 Å². The third-order valence-electron chi connectivity index (χ3n) is 4.13. The Morgan fingerprint density at radius 2 is 1.92 bits per heavy atom. The largest absolute Gasteiger partial charge is 0.507 e. The number of methoxy groups -OCH3 is 2. The lowest BCUT2D eigenvalue weighted by Gasteiger charge is -2.26. The molecule has 0 saturated carbocycles. The molecule has 1 unspecified atom stereocenters. The molecule has 4 rings (SSSR count). The van der Waals surface area contributed by atoms with Crippen molar-refractivity contribution in [1.29, 1.82) is 0 Å². The van der Waals surface area contributed by atoms with Crippen molar-refractivity contribution in [2.24, 2.45) is 0 Å². The summed E-state index contributed by atoms with van der Waals surface area (Å²) in [4.78, 5) is 13.1. The van der Waals surface area contributed by atoms with Crippen molar-refractivity contribution in [2.75, 3.05) is 14.2 Å². The number of phenols is 2. The number of fused-ring (bicyclic) bond motifs is 4. The molecule has 1 atom stereocenters. The fourth-order valence-corrected chi connectivity index (χ4v) is 2.99. The number of aromatic hydroxyl groups is 2. The van der Waals surface area contributed by atoms with E-state index < -0.39 is 11.7 Å². The molecule has 2 heterocycles. The lowest BCUT2D eigenvalue weighted by Crippen LogP contribution is -2.21. The molecule has 1 aliphatic rings. The van der Waals surface area contributed by atoms with Crippen LogP contribution in [-0.2, 0) is 4.74 Å². The molecule has 2 N–H and O–H groups in total. The number of rotatable bonds is 2. The minimum Gasteiger partial charge on any atom is -0.507 e.